The first kappa shape index (κ1) is 16.6. The molecule has 1 aromatic heterocycles. The van der Waals surface area contributed by atoms with Crippen molar-refractivity contribution in [1.82, 2.24) is 4.98 Å². The Morgan fingerprint density at radius 1 is 1.38 bits per heavy atom. The number of nitrogens with two attached hydrogens (primary N) is 1. The van der Waals surface area contributed by atoms with Crippen molar-refractivity contribution < 1.29 is 9.47 Å². The Bertz CT molecular complexity index is 729. The van der Waals surface area contributed by atoms with Gasteiger partial charge in [0.1, 0.15) is 0 Å². The van der Waals surface area contributed by atoms with Crippen LogP contribution in [0.25, 0.3) is 0 Å². The molecule has 0 radical (unpaired) electrons. The number of aliphatic imine (C=N–C) groups is 1. The zero-order valence-electron chi connectivity index (χ0n) is 13.9. The van der Waals surface area contributed by atoms with E-state index < -0.39 is 0 Å². The molecule has 0 amide bonds. The summed E-state index contributed by atoms with van der Waals surface area (Å²) < 4.78 is 11.3. The van der Waals surface area contributed by atoms with Crippen LogP contribution in [0.4, 0.5) is 5.69 Å². The van der Waals surface area contributed by atoms with E-state index in [9.17, 15) is 0 Å². The van der Waals surface area contributed by atoms with Crippen LogP contribution >= 0.6 is 11.3 Å². The molecule has 0 saturated heterocycles. The molecule has 0 aliphatic carbocycles. The lowest BCUT2D eigenvalue weighted by Gasteiger charge is -2.11. The number of benzene rings is 1. The SMILES string of the molecule is Cc1cnc(C(C)CN=C(N)Nc2ccc3c(c2)OCCCO3)s1. The van der Waals surface area contributed by atoms with E-state index in [4.69, 9.17) is 15.2 Å². The highest BCUT2D eigenvalue weighted by atomic mass is 32.1. The third kappa shape index (κ3) is 4.17. The number of aryl methyl sites for hydroxylation is 1. The summed E-state index contributed by atoms with van der Waals surface area (Å²) in [4.78, 5) is 10.0. The maximum absolute atomic E-state index is 5.99. The fourth-order valence-corrected chi connectivity index (χ4v) is 3.16. The van der Waals surface area contributed by atoms with Gasteiger partial charge in [0.05, 0.1) is 24.8 Å². The van der Waals surface area contributed by atoms with Crippen LogP contribution in [-0.4, -0.2) is 30.7 Å². The second kappa shape index (κ2) is 7.53. The van der Waals surface area contributed by atoms with E-state index in [-0.39, 0.29) is 5.92 Å². The van der Waals surface area contributed by atoms with Crippen molar-refractivity contribution in [1.29, 1.82) is 0 Å². The summed E-state index contributed by atoms with van der Waals surface area (Å²) in [5.41, 5.74) is 6.83. The minimum atomic E-state index is 0.243. The molecular formula is C17H22N4O2S. The van der Waals surface area contributed by atoms with Gasteiger partial charge < -0.3 is 20.5 Å². The highest BCUT2D eigenvalue weighted by molar-refractivity contribution is 7.11. The summed E-state index contributed by atoms with van der Waals surface area (Å²) in [6, 6.07) is 5.68. The van der Waals surface area contributed by atoms with Crippen molar-refractivity contribution in [2.45, 2.75) is 26.2 Å². The molecule has 1 atom stereocenters. The standard InChI is InChI=1S/C17H22N4O2S/c1-11(16-19-10-12(2)24-16)9-20-17(18)21-13-4-5-14-15(8-13)23-7-3-6-22-14/h4-5,8,10-11H,3,6-7,9H2,1-2H3,(H3,18,20,21). The molecule has 0 saturated carbocycles. The molecule has 0 bridgehead atoms. The van der Waals surface area contributed by atoms with Crippen LogP contribution in [0.15, 0.2) is 29.4 Å². The van der Waals surface area contributed by atoms with Crippen LogP contribution in [0.5, 0.6) is 11.5 Å². The first-order valence-corrected chi connectivity index (χ1v) is 8.82. The molecule has 3 N–H and O–H groups in total. The average molecular weight is 346 g/mol. The largest absolute Gasteiger partial charge is 0.490 e. The zero-order chi connectivity index (χ0) is 16.9. The Kier molecular flexibility index (Phi) is 5.20. The number of rotatable bonds is 4. The number of thiazole rings is 1. The Hall–Kier alpha value is -2.28. The molecule has 2 heterocycles. The van der Waals surface area contributed by atoms with Gasteiger partial charge in [-0.3, -0.25) is 4.99 Å². The van der Waals surface area contributed by atoms with Crippen LogP contribution < -0.4 is 20.5 Å². The monoisotopic (exact) mass is 346 g/mol. The molecule has 2 aromatic rings. The molecule has 24 heavy (non-hydrogen) atoms. The van der Waals surface area contributed by atoms with Crippen molar-refractivity contribution in [3.05, 3.63) is 34.3 Å². The lowest BCUT2D eigenvalue weighted by Crippen LogP contribution is -2.23. The molecule has 1 aliphatic rings. The number of fused-ring (bicyclic) bond motifs is 1. The van der Waals surface area contributed by atoms with Gasteiger partial charge in [-0.15, -0.1) is 11.3 Å². The molecule has 0 fully saturated rings. The normalized spacial score (nSPS) is 15.7. The maximum Gasteiger partial charge on any atom is 0.193 e. The van der Waals surface area contributed by atoms with Gasteiger partial charge in [0, 0.05) is 35.2 Å². The summed E-state index contributed by atoms with van der Waals surface area (Å²) in [6.45, 7) is 6.08. The average Bonchev–Trinajstić information content (AvgIpc) is 2.87. The zero-order valence-corrected chi connectivity index (χ0v) is 14.7. The van der Waals surface area contributed by atoms with E-state index in [1.807, 2.05) is 24.4 Å². The molecule has 128 valence electrons. The van der Waals surface area contributed by atoms with Crippen molar-refractivity contribution in [3.8, 4) is 11.5 Å². The molecule has 1 unspecified atom stereocenters. The van der Waals surface area contributed by atoms with Crippen molar-refractivity contribution in [3.63, 3.8) is 0 Å². The van der Waals surface area contributed by atoms with Gasteiger partial charge in [-0.05, 0) is 19.1 Å². The number of nitrogens with zero attached hydrogens (tertiary/aromatic N) is 2. The summed E-state index contributed by atoms with van der Waals surface area (Å²) in [5.74, 6) is 2.12. The number of nitrogens with one attached hydrogen (secondary N) is 1. The van der Waals surface area contributed by atoms with Crippen LogP contribution in [0.3, 0.4) is 0 Å². The number of ether oxygens (including phenoxy) is 2. The molecule has 0 spiro atoms. The van der Waals surface area contributed by atoms with Gasteiger partial charge in [0.25, 0.3) is 0 Å². The maximum atomic E-state index is 5.99. The lowest BCUT2D eigenvalue weighted by molar-refractivity contribution is 0.297. The Morgan fingerprint density at radius 2 is 2.17 bits per heavy atom. The van der Waals surface area contributed by atoms with E-state index in [1.54, 1.807) is 11.3 Å². The van der Waals surface area contributed by atoms with Gasteiger partial charge >= 0.3 is 0 Å². The van der Waals surface area contributed by atoms with Crippen LogP contribution in [-0.2, 0) is 0 Å². The molecule has 1 aliphatic heterocycles. The minimum absolute atomic E-state index is 0.243. The molecule has 1 aromatic carbocycles. The van der Waals surface area contributed by atoms with Crippen molar-refractivity contribution >= 4 is 23.0 Å². The molecule has 6 nitrogen and oxygen atoms in total. The van der Waals surface area contributed by atoms with E-state index in [0.717, 1.165) is 28.6 Å². The Labute approximate surface area is 145 Å². The van der Waals surface area contributed by atoms with E-state index in [0.29, 0.717) is 25.7 Å². The smallest absolute Gasteiger partial charge is 0.193 e. The third-order valence-electron chi connectivity index (χ3n) is 3.62. The Morgan fingerprint density at radius 3 is 2.92 bits per heavy atom. The molecular weight excluding hydrogens is 324 g/mol. The van der Waals surface area contributed by atoms with Crippen molar-refractivity contribution in [2.75, 3.05) is 25.1 Å². The summed E-state index contributed by atoms with van der Waals surface area (Å²) in [7, 11) is 0. The van der Waals surface area contributed by atoms with Gasteiger partial charge in [-0.1, -0.05) is 6.92 Å². The predicted octanol–water partition coefficient (Wildman–Crippen LogP) is 3.14. The minimum Gasteiger partial charge on any atom is -0.490 e. The van der Waals surface area contributed by atoms with Crippen LogP contribution in [0.1, 0.15) is 29.1 Å². The first-order chi connectivity index (χ1) is 11.6. The summed E-state index contributed by atoms with van der Waals surface area (Å²) in [5, 5.41) is 4.18. The van der Waals surface area contributed by atoms with Crippen molar-refractivity contribution in [2.24, 2.45) is 10.7 Å². The number of anilines is 1. The number of guanidine groups is 1. The number of hydrogen-bond donors (Lipinski definition) is 2. The Balaban J connectivity index is 1.61. The quantitative estimate of drug-likeness (QED) is 0.656. The third-order valence-corrected chi connectivity index (χ3v) is 4.76. The topological polar surface area (TPSA) is 81.8 Å². The molecule has 7 heteroatoms. The lowest BCUT2D eigenvalue weighted by atomic mass is 10.2. The van der Waals surface area contributed by atoms with E-state index in [1.165, 1.54) is 4.88 Å². The molecule has 3 rings (SSSR count). The second-order valence-corrected chi connectivity index (χ2v) is 7.04. The highest BCUT2D eigenvalue weighted by Crippen LogP contribution is 2.32. The van der Waals surface area contributed by atoms with Gasteiger partial charge in [0.15, 0.2) is 17.5 Å². The van der Waals surface area contributed by atoms with E-state index >= 15 is 0 Å². The highest BCUT2D eigenvalue weighted by Gasteiger charge is 2.12. The number of aromatic nitrogens is 1. The second-order valence-electron chi connectivity index (χ2n) is 5.77. The predicted molar refractivity (Wildman–Crippen MR) is 97.4 cm³/mol. The fourth-order valence-electron chi connectivity index (χ4n) is 2.34. The fraction of sp³-hybridized carbons (Fsp3) is 0.412. The van der Waals surface area contributed by atoms with Crippen LogP contribution in [0.2, 0.25) is 0 Å². The van der Waals surface area contributed by atoms with Gasteiger partial charge in [-0.2, -0.15) is 0 Å². The van der Waals surface area contributed by atoms with Gasteiger partial charge in [0.2, 0.25) is 0 Å². The number of hydrogen-bond acceptors (Lipinski definition) is 5. The summed E-state index contributed by atoms with van der Waals surface area (Å²) in [6.07, 6.45) is 2.77. The van der Waals surface area contributed by atoms with Gasteiger partial charge in [-0.25, -0.2) is 4.98 Å². The summed E-state index contributed by atoms with van der Waals surface area (Å²) >= 11 is 1.70. The van der Waals surface area contributed by atoms with Crippen LogP contribution in [0, 0.1) is 6.92 Å². The van der Waals surface area contributed by atoms with E-state index in [2.05, 4.69) is 29.1 Å². The first-order valence-electron chi connectivity index (χ1n) is 8.01.